The van der Waals surface area contributed by atoms with Crippen LogP contribution in [0, 0.1) is 11.3 Å². The number of hydrogen-bond donors (Lipinski definition) is 1. The molecule has 1 aliphatic rings. The lowest BCUT2D eigenvalue weighted by Crippen LogP contribution is -2.38. The zero-order valence-corrected chi connectivity index (χ0v) is 12.1. The van der Waals surface area contributed by atoms with Crippen molar-refractivity contribution in [1.82, 2.24) is 0 Å². The average molecular weight is 276 g/mol. The van der Waals surface area contributed by atoms with Gasteiger partial charge in [0.2, 0.25) is 0 Å². The third-order valence-corrected chi connectivity index (χ3v) is 6.02. The zero-order valence-electron chi connectivity index (χ0n) is 11.3. The van der Waals surface area contributed by atoms with Crippen LogP contribution in [0.5, 0.6) is 0 Å². The first-order valence-electron chi connectivity index (χ1n) is 6.79. The maximum atomic E-state index is 11.6. The van der Waals surface area contributed by atoms with Crippen LogP contribution in [0.4, 0.5) is 0 Å². The van der Waals surface area contributed by atoms with Crippen LogP contribution < -0.4 is 0 Å². The zero-order chi connectivity index (χ0) is 13.8. The Bertz CT molecular complexity index is 388. The molecule has 4 nitrogen and oxygen atoms in total. The molecule has 1 rings (SSSR count). The molecule has 0 amide bonds. The Morgan fingerprint density at radius 3 is 2.56 bits per heavy atom. The first-order chi connectivity index (χ1) is 8.35. The molecule has 0 spiro atoms. The minimum atomic E-state index is -3.08. The molecule has 18 heavy (non-hydrogen) atoms. The van der Waals surface area contributed by atoms with Crippen LogP contribution in [0.25, 0.3) is 0 Å². The Labute approximate surface area is 110 Å². The first-order valence-corrected chi connectivity index (χ1v) is 8.61. The Morgan fingerprint density at radius 1 is 1.39 bits per heavy atom. The van der Waals surface area contributed by atoms with E-state index < -0.39 is 21.2 Å². The van der Waals surface area contributed by atoms with Crippen LogP contribution in [-0.4, -0.2) is 31.0 Å². The number of carbonyl (C=O) groups is 1. The van der Waals surface area contributed by atoms with E-state index in [1.165, 1.54) is 0 Å². The van der Waals surface area contributed by atoms with Crippen molar-refractivity contribution in [1.29, 1.82) is 0 Å². The molecule has 2 unspecified atom stereocenters. The van der Waals surface area contributed by atoms with Crippen LogP contribution in [-0.2, 0) is 14.6 Å². The lowest BCUT2D eigenvalue weighted by molar-refractivity contribution is -0.152. The van der Waals surface area contributed by atoms with Gasteiger partial charge in [-0.05, 0) is 25.2 Å². The van der Waals surface area contributed by atoms with E-state index >= 15 is 0 Å². The predicted octanol–water partition coefficient (Wildman–Crippen LogP) is 2.48. The van der Waals surface area contributed by atoms with Gasteiger partial charge >= 0.3 is 5.97 Å². The number of rotatable bonds is 6. The number of aliphatic carboxylic acids is 1. The second kappa shape index (κ2) is 6.04. The monoisotopic (exact) mass is 276 g/mol. The van der Waals surface area contributed by atoms with Crippen molar-refractivity contribution in [2.24, 2.45) is 11.3 Å². The summed E-state index contributed by atoms with van der Waals surface area (Å²) in [6.45, 7) is 3.68. The van der Waals surface area contributed by atoms with Crippen LogP contribution >= 0.6 is 0 Å². The minimum absolute atomic E-state index is 0.00618. The van der Waals surface area contributed by atoms with E-state index in [1.807, 2.05) is 0 Å². The maximum absolute atomic E-state index is 11.6. The van der Waals surface area contributed by atoms with Crippen molar-refractivity contribution < 1.29 is 18.3 Å². The van der Waals surface area contributed by atoms with Gasteiger partial charge in [-0.1, -0.05) is 33.1 Å². The molecule has 0 aromatic carbocycles. The fourth-order valence-electron chi connectivity index (χ4n) is 2.86. The average Bonchev–Trinajstić information content (AvgIpc) is 2.36. The molecule has 1 aliphatic carbocycles. The Balaban J connectivity index is 2.78. The summed E-state index contributed by atoms with van der Waals surface area (Å²) < 4.78 is 23.1. The Hall–Kier alpha value is -0.580. The number of hydrogen-bond acceptors (Lipinski definition) is 3. The second-order valence-corrected chi connectivity index (χ2v) is 7.92. The van der Waals surface area contributed by atoms with Crippen molar-refractivity contribution in [2.75, 3.05) is 11.5 Å². The molecular formula is C13H24O4S. The second-order valence-electron chi connectivity index (χ2n) is 5.44. The molecular weight excluding hydrogens is 252 g/mol. The third kappa shape index (κ3) is 3.70. The molecule has 0 saturated heterocycles. The molecule has 0 aromatic rings. The van der Waals surface area contributed by atoms with Crippen molar-refractivity contribution in [3.05, 3.63) is 0 Å². The standard InChI is InChI=1S/C13H24O4S/c1-3-11-6-5-7-13(10-11,12(14)15)8-9-18(16,17)4-2/h11H,3-10H2,1-2H3,(H,14,15). The molecule has 5 heteroatoms. The van der Waals surface area contributed by atoms with Gasteiger partial charge in [-0.2, -0.15) is 0 Å². The summed E-state index contributed by atoms with van der Waals surface area (Å²) in [5, 5.41) is 9.48. The summed E-state index contributed by atoms with van der Waals surface area (Å²) in [6, 6.07) is 0. The van der Waals surface area contributed by atoms with Gasteiger partial charge in [0.1, 0.15) is 9.84 Å². The van der Waals surface area contributed by atoms with Gasteiger partial charge in [-0.25, -0.2) is 8.42 Å². The van der Waals surface area contributed by atoms with Gasteiger partial charge in [-0.3, -0.25) is 4.79 Å². The molecule has 106 valence electrons. The summed E-state index contributed by atoms with van der Waals surface area (Å²) >= 11 is 0. The highest BCUT2D eigenvalue weighted by Gasteiger charge is 2.42. The van der Waals surface area contributed by atoms with Crippen LogP contribution in [0.15, 0.2) is 0 Å². The summed E-state index contributed by atoms with van der Waals surface area (Å²) in [5.74, 6) is -0.280. The Morgan fingerprint density at radius 2 is 2.06 bits per heavy atom. The maximum Gasteiger partial charge on any atom is 0.309 e. The van der Waals surface area contributed by atoms with Crippen LogP contribution in [0.2, 0.25) is 0 Å². The topological polar surface area (TPSA) is 71.4 Å². The van der Waals surface area contributed by atoms with E-state index in [0.717, 1.165) is 19.3 Å². The highest BCUT2D eigenvalue weighted by Crippen LogP contribution is 2.43. The van der Waals surface area contributed by atoms with Gasteiger partial charge in [0.15, 0.2) is 0 Å². The first kappa shape index (κ1) is 15.5. The highest BCUT2D eigenvalue weighted by atomic mass is 32.2. The highest BCUT2D eigenvalue weighted by molar-refractivity contribution is 7.91. The largest absolute Gasteiger partial charge is 0.481 e. The smallest absolute Gasteiger partial charge is 0.309 e. The minimum Gasteiger partial charge on any atom is -0.481 e. The molecule has 1 fully saturated rings. The van der Waals surface area contributed by atoms with Gasteiger partial charge < -0.3 is 5.11 Å². The fraction of sp³-hybridized carbons (Fsp3) is 0.923. The third-order valence-electron chi connectivity index (χ3n) is 4.31. The Kier molecular flexibility index (Phi) is 5.20. The molecule has 0 aliphatic heterocycles. The SMILES string of the molecule is CCC1CCCC(CCS(=O)(=O)CC)(C(=O)O)C1. The van der Waals surface area contributed by atoms with Crippen LogP contribution in [0.3, 0.4) is 0 Å². The van der Waals surface area contributed by atoms with Gasteiger partial charge in [-0.15, -0.1) is 0 Å². The van der Waals surface area contributed by atoms with E-state index in [0.29, 0.717) is 18.8 Å². The molecule has 0 heterocycles. The van der Waals surface area contributed by atoms with E-state index in [2.05, 4.69) is 6.92 Å². The van der Waals surface area contributed by atoms with Crippen molar-refractivity contribution in [2.45, 2.75) is 52.4 Å². The van der Waals surface area contributed by atoms with Gasteiger partial charge in [0.05, 0.1) is 11.2 Å². The summed E-state index contributed by atoms with van der Waals surface area (Å²) in [5.41, 5.74) is -0.804. The van der Waals surface area contributed by atoms with Gasteiger partial charge in [0.25, 0.3) is 0 Å². The van der Waals surface area contributed by atoms with Crippen molar-refractivity contribution in [3.8, 4) is 0 Å². The van der Waals surface area contributed by atoms with E-state index in [9.17, 15) is 18.3 Å². The lowest BCUT2D eigenvalue weighted by atomic mass is 9.67. The molecule has 2 atom stereocenters. The van der Waals surface area contributed by atoms with Crippen LogP contribution in [0.1, 0.15) is 52.4 Å². The van der Waals surface area contributed by atoms with Gasteiger partial charge in [0, 0.05) is 5.75 Å². The van der Waals surface area contributed by atoms with E-state index in [1.54, 1.807) is 6.92 Å². The lowest BCUT2D eigenvalue weighted by Gasteiger charge is -2.37. The van der Waals surface area contributed by atoms with E-state index in [4.69, 9.17) is 0 Å². The molecule has 1 N–H and O–H groups in total. The summed E-state index contributed by atoms with van der Waals surface area (Å²) in [4.78, 5) is 11.5. The molecule has 0 bridgehead atoms. The van der Waals surface area contributed by atoms with Crippen molar-refractivity contribution >= 4 is 15.8 Å². The van der Waals surface area contributed by atoms with Crippen molar-refractivity contribution in [3.63, 3.8) is 0 Å². The molecule has 0 aromatic heterocycles. The quantitative estimate of drug-likeness (QED) is 0.809. The predicted molar refractivity (Wildman–Crippen MR) is 71.3 cm³/mol. The number of carboxylic acid groups (broad SMARTS) is 1. The number of carboxylic acids is 1. The number of sulfone groups is 1. The normalized spacial score (nSPS) is 29.1. The van der Waals surface area contributed by atoms with E-state index in [-0.39, 0.29) is 17.9 Å². The molecule has 1 saturated carbocycles. The summed E-state index contributed by atoms with van der Waals surface area (Å²) in [6.07, 6.45) is 4.49. The summed E-state index contributed by atoms with van der Waals surface area (Å²) in [7, 11) is -3.08. The fourth-order valence-corrected chi connectivity index (χ4v) is 3.85. The molecule has 0 radical (unpaired) electrons.